The minimum absolute atomic E-state index is 0.0444. The Morgan fingerprint density at radius 2 is 2.03 bits per heavy atom. The Labute approximate surface area is 191 Å². The number of benzene rings is 1. The smallest absolute Gasteiger partial charge is 0.307 e. The first-order valence-corrected chi connectivity index (χ1v) is 11.9. The lowest BCUT2D eigenvalue weighted by Gasteiger charge is -2.36. The zero-order valence-electron chi connectivity index (χ0n) is 18.3. The van der Waals surface area contributed by atoms with Gasteiger partial charge in [0.25, 0.3) is 11.6 Å². The zero-order chi connectivity index (χ0) is 24.2. The van der Waals surface area contributed by atoms with Gasteiger partial charge in [-0.25, -0.2) is 8.42 Å². The van der Waals surface area contributed by atoms with E-state index in [1.807, 2.05) is 0 Å². The Bertz CT molecular complexity index is 1080. The molecule has 2 aliphatic rings. The van der Waals surface area contributed by atoms with E-state index in [0.29, 0.717) is 5.56 Å². The van der Waals surface area contributed by atoms with Gasteiger partial charge in [0.2, 0.25) is 10.0 Å². The van der Waals surface area contributed by atoms with Crippen molar-refractivity contribution in [1.82, 2.24) is 15.1 Å². The minimum Gasteiger partial charge on any atom is -0.466 e. The summed E-state index contributed by atoms with van der Waals surface area (Å²) in [6.45, 7) is 3.88. The number of non-ortho nitro benzene ring substituents is 1. The van der Waals surface area contributed by atoms with Crippen molar-refractivity contribution in [3.8, 4) is 0 Å². The summed E-state index contributed by atoms with van der Waals surface area (Å²) in [4.78, 5) is 39.6. The van der Waals surface area contributed by atoms with Gasteiger partial charge < -0.3 is 10.1 Å². The van der Waals surface area contributed by atoms with Crippen LogP contribution >= 0.6 is 0 Å². The number of carbonyl (C=O) groups excluding carboxylic acids is 2. The summed E-state index contributed by atoms with van der Waals surface area (Å²) < 4.78 is 32.3. The van der Waals surface area contributed by atoms with Crippen molar-refractivity contribution < 1.29 is 32.5 Å². The molecule has 12 nitrogen and oxygen atoms in total. The second-order valence-corrected chi connectivity index (χ2v) is 9.66. The van der Waals surface area contributed by atoms with E-state index in [1.54, 1.807) is 19.9 Å². The summed E-state index contributed by atoms with van der Waals surface area (Å²) in [5.41, 5.74) is 2.04. The predicted molar refractivity (Wildman–Crippen MR) is 115 cm³/mol. The highest BCUT2D eigenvalue weighted by atomic mass is 32.2. The number of nitro benzene ring substituents is 1. The molecular formula is C20H26N4O8S. The summed E-state index contributed by atoms with van der Waals surface area (Å²) in [6.07, 6.45) is 2.23. The number of hydrogen-bond acceptors (Lipinski definition) is 9. The maximum Gasteiger partial charge on any atom is 0.307 e. The third-order valence-corrected chi connectivity index (χ3v) is 7.55. The van der Waals surface area contributed by atoms with Gasteiger partial charge in [0.15, 0.2) is 0 Å². The van der Waals surface area contributed by atoms with E-state index in [9.17, 15) is 28.1 Å². The number of hydrogen-bond donors (Lipinski definition) is 2. The summed E-state index contributed by atoms with van der Waals surface area (Å²) in [5.74, 6) is -0.857. The normalized spacial score (nSPS) is 17.8. The quantitative estimate of drug-likeness (QED) is 0.312. The summed E-state index contributed by atoms with van der Waals surface area (Å²) in [5, 5.41) is 13.7. The van der Waals surface area contributed by atoms with Crippen LogP contribution in [0.2, 0.25) is 0 Å². The first-order chi connectivity index (χ1) is 15.6. The Hall–Kier alpha value is -3.03. The summed E-state index contributed by atoms with van der Waals surface area (Å²) >= 11 is 0. The monoisotopic (exact) mass is 482 g/mol. The molecule has 0 saturated carbocycles. The van der Waals surface area contributed by atoms with E-state index in [-0.39, 0.29) is 61.8 Å². The van der Waals surface area contributed by atoms with Crippen LogP contribution in [-0.2, 0) is 29.2 Å². The number of aryl methyl sites for hydroxylation is 1. The van der Waals surface area contributed by atoms with E-state index >= 15 is 0 Å². The summed E-state index contributed by atoms with van der Waals surface area (Å²) in [6, 6.07) is 3.75. The van der Waals surface area contributed by atoms with Crippen molar-refractivity contribution in [3.05, 3.63) is 45.6 Å². The minimum atomic E-state index is -3.94. The average Bonchev–Trinajstić information content (AvgIpc) is 3.17. The average molecular weight is 483 g/mol. The van der Waals surface area contributed by atoms with Crippen LogP contribution in [0, 0.1) is 17.0 Å². The van der Waals surface area contributed by atoms with Crippen LogP contribution in [0.4, 0.5) is 5.69 Å². The van der Waals surface area contributed by atoms with Gasteiger partial charge in [-0.1, -0.05) is 6.07 Å². The first-order valence-electron chi connectivity index (χ1n) is 10.4. The molecule has 2 N–H and O–H groups in total. The molecule has 1 aromatic carbocycles. The number of hydroxylamine groups is 1. The Morgan fingerprint density at radius 3 is 2.67 bits per heavy atom. The topological polar surface area (TPSA) is 157 Å². The third kappa shape index (κ3) is 5.49. The maximum atomic E-state index is 13.1. The SMILES string of the molecule is CCOC(=O)CCNC(=O)C1=CC2(CCN(S(=O)(=O)c3cc([N+](=O)[O-])ccc3C)CC2)ON1. The van der Waals surface area contributed by atoms with Gasteiger partial charge in [-0.3, -0.25) is 30.0 Å². The molecule has 1 saturated heterocycles. The number of nitro groups is 1. The number of ether oxygens (including phenoxy) is 1. The second kappa shape index (κ2) is 9.85. The number of rotatable bonds is 8. The largest absolute Gasteiger partial charge is 0.466 e. The molecule has 0 bridgehead atoms. The van der Waals surface area contributed by atoms with Gasteiger partial charge >= 0.3 is 5.97 Å². The van der Waals surface area contributed by atoms with Gasteiger partial charge in [-0.15, -0.1) is 0 Å². The Balaban J connectivity index is 1.63. The van der Waals surface area contributed by atoms with Crippen LogP contribution in [0.25, 0.3) is 0 Å². The van der Waals surface area contributed by atoms with E-state index in [1.165, 1.54) is 16.4 Å². The van der Waals surface area contributed by atoms with Gasteiger partial charge in [0.05, 0.1) is 22.8 Å². The maximum absolute atomic E-state index is 13.1. The van der Waals surface area contributed by atoms with Crippen LogP contribution < -0.4 is 10.8 Å². The Morgan fingerprint density at radius 1 is 1.33 bits per heavy atom. The van der Waals surface area contributed by atoms with Crippen LogP contribution in [0.15, 0.2) is 34.9 Å². The fraction of sp³-hybridized carbons (Fsp3) is 0.500. The van der Waals surface area contributed by atoms with Crippen molar-refractivity contribution in [1.29, 1.82) is 0 Å². The van der Waals surface area contributed by atoms with E-state index in [4.69, 9.17) is 9.57 Å². The molecule has 1 aromatic rings. The van der Waals surface area contributed by atoms with Crippen molar-refractivity contribution in [2.45, 2.75) is 43.6 Å². The highest BCUT2D eigenvalue weighted by Crippen LogP contribution is 2.35. The summed E-state index contributed by atoms with van der Waals surface area (Å²) in [7, 11) is -3.94. The standard InChI is InChI=1S/C20H26N4O8S/c1-3-31-18(25)6-9-21-19(26)16-13-20(32-22-16)7-10-23(11-8-20)33(29,30)17-12-15(24(27)28)5-4-14(17)2/h4-5,12-13,22H,3,6-11H2,1-2H3,(H,21,26). The molecule has 1 amide bonds. The van der Waals surface area contributed by atoms with Gasteiger partial charge in [0.1, 0.15) is 11.3 Å². The molecule has 1 fully saturated rings. The number of sulfonamides is 1. The second-order valence-electron chi connectivity index (χ2n) is 7.75. The molecule has 2 heterocycles. The highest BCUT2D eigenvalue weighted by Gasteiger charge is 2.43. The lowest BCUT2D eigenvalue weighted by molar-refractivity contribution is -0.385. The number of piperidine rings is 1. The van der Waals surface area contributed by atoms with Gasteiger partial charge in [-0.2, -0.15) is 4.31 Å². The molecule has 33 heavy (non-hydrogen) atoms. The zero-order valence-corrected chi connectivity index (χ0v) is 19.1. The van der Waals surface area contributed by atoms with Crippen LogP contribution in [0.5, 0.6) is 0 Å². The number of esters is 1. The molecule has 2 aliphatic heterocycles. The molecule has 0 aromatic heterocycles. The molecule has 0 aliphatic carbocycles. The van der Waals surface area contributed by atoms with Gasteiger partial charge in [-0.05, 0) is 38.3 Å². The molecule has 0 radical (unpaired) electrons. The van der Waals surface area contributed by atoms with Crippen LogP contribution in [-0.4, -0.2) is 61.4 Å². The van der Waals surface area contributed by atoms with Crippen LogP contribution in [0.3, 0.4) is 0 Å². The first kappa shape index (κ1) is 24.6. The lowest BCUT2D eigenvalue weighted by Crippen LogP contribution is -2.46. The number of amides is 1. The van der Waals surface area contributed by atoms with Crippen LogP contribution in [0.1, 0.15) is 31.7 Å². The highest BCUT2D eigenvalue weighted by molar-refractivity contribution is 7.89. The predicted octanol–water partition coefficient (Wildman–Crippen LogP) is 0.915. The molecule has 0 unspecified atom stereocenters. The van der Waals surface area contributed by atoms with Gasteiger partial charge in [0, 0.05) is 31.8 Å². The number of carbonyl (C=O) groups is 2. The lowest BCUT2D eigenvalue weighted by atomic mass is 9.92. The van der Waals surface area contributed by atoms with Crippen molar-refractivity contribution in [3.63, 3.8) is 0 Å². The van der Waals surface area contributed by atoms with Crippen molar-refractivity contribution >= 4 is 27.6 Å². The fourth-order valence-electron chi connectivity index (χ4n) is 3.67. The van der Waals surface area contributed by atoms with E-state index in [0.717, 1.165) is 6.07 Å². The molecule has 180 valence electrons. The molecular weight excluding hydrogens is 456 g/mol. The molecule has 3 rings (SSSR count). The van der Waals surface area contributed by atoms with Crippen molar-refractivity contribution in [2.75, 3.05) is 26.2 Å². The number of nitrogens with one attached hydrogen (secondary N) is 2. The molecule has 13 heteroatoms. The van der Waals surface area contributed by atoms with Crippen molar-refractivity contribution in [2.24, 2.45) is 0 Å². The molecule has 0 atom stereocenters. The number of nitrogens with zero attached hydrogens (tertiary/aromatic N) is 2. The third-order valence-electron chi connectivity index (χ3n) is 5.51. The fourth-order valence-corrected chi connectivity index (χ4v) is 5.35. The van der Waals surface area contributed by atoms with E-state index < -0.39 is 32.4 Å². The Kier molecular flexibility index (Phi) is 7.34. The molecule has 1 spiro atoms. The van der Waals surface area contributed by atoms with E-state index in [2.05, 4.69) is 10.8 Å².